The zero-order valence-electron chi connectivity index (χ0n) is 15.5. The van der Waals surface area contributed by atoms with E-state index in [9.17, 15) is 18.4 Å². The summed E-state index contributed by atoms with van der Waals surface area (Å²) >= 11 is 0. The van der Waals surface area contributed by atoms with Crippen LogP contribution in [0.25, 0.3) is 0 Å². The van der Waals surface area contributed by atoms with Gasteiger partial charge in [-0.1, -0.05) is 18.7 Å². The minimum absolute atomic E-state index is 0.104. The van der Waals surface area contributed by atoms with Crippen molar-refractivity contribution in [3.8, 4) is 0 Å². The van der Waals surface area contributed by atoms with Crippen LogP contribution in [0.4, 0.5) is 8.78 Å². The summed E-state index contributed by atoms with van der Waals surface area (Å²) in [6, 6.07) is 4.29. The fourth-order valence-corrected chi connectivity index (χ4v) is 4.14. The first-order valence-electron chi connectivity index (χ1n) is 9.62. The lowest BCUT2D eigenvalue weighted by molar-refractivity contribution is -0.140. The molecule has 6 heteroatoms. The highest BCUT2D eigenvalue weighted by Gasteiger charge is 2.32. The van der Waals surface area contributed by atoms with Gasteiger partial charge in [0, 0.05) is 26.2 Å². The van der Waals surface area contributed by atoms with Crippen molar-refractivity contribution in [1.29, 1.82) is 0 Å². The van der Waals surface area contributed by atoms with Gasteiger partial charge in [-0.05, 0) is 55.7 Å². The molecular formula is C21H26F2N2O2. The maximum absolute atomic E-state index is 13.9. The first kappa shape index (κ1) is 19.5. The SMILES string of the molecule is C=CC(=O)N1CCCC(C(=O)N2CCC(Cc3cccc(F)c3F)CC2)C1. The number of carbonyl (C=O) groups excluding carboxylic acids is 2. The number of halogens is 2. The molecule has 2 aliphatic rings. The predicted octanol–water partition coefficient (Wildman–Crippen LogP) is 3.17. The highest BCUT2D eigenvalue weighted by atomic mass is 19.2. The molecule has 146 valence electrons. The normalized spacial score (nSPS) is 21.2. The Morgan fingerprint density at radius 3 is 2.56 bits per heavy atom. The first-order chi connectivity index (χ1) is 13.0. The van der Waals surface area contributed by atoms with Crippen molar-refractivity contribution in [3.05, 3.63) is 48.1 Å². The second-order valence-electron chi connectivity index (χ2n) is 7.51. The van der Waals surface area contributed by atoms with Crippen molar-refractivity contribution < 1.29 is 18.4 Å². The molecule has 0 N–H and O–H groups in total. The Labute approximate surface area is 158 Å². The average Bonchev–Trinajstić information content (AvgIpc) is 2.71. The lowest BCUT2D eigenvalue weighted by atomic mass is 9.88. The molecule has 1 aromatic carbocycles. The lowest BCUT2D eigenvalue weighted by Crippen LogP contribution is -2.48. The van der Waals surface area contributed by atoms with E-state index >= 15 is 0 Å². The van der Waals surface area contributed by atoms with Gasteiger partial charge in [0.15, 0.2) is 11.6 Å². The molecule has 27 heavy (non-hydrogen) atoms. The summed E-state index contributed by atoms with van der Waals surface area (Å²) in [5, 5.41) is 0. The van der Waals surface area contributed by atoms with Gasteiger partial charge >= 0.3 is 0 Å². The van der Waals surface area contributed by atoms with Crippen molar-refractivity contribution in [3.63, 3.8) is 0 Å². The molecule has 0 bridgehead atoms. The molecule has 3 rings (SSSR count). The fraction of sp³-hybridized carbons (Fsp3) is 0.524. The summed E-state index contributed by atoms with van der Waals surface area (Å²) in [6.07, 6.45) is 4.98. The van der Waals surface area contributed by atoms with Crippen LogP contribution in [0.5, 0.6) is 0 Å². The van der Waals surface area contributed by atoms with Crippen LogP contribution in [0.1, 0.15) is 31.2 Å². The maximum Gasteiger partial charge on any atom is 0.245 e. The van der Waals surface area contributed by atoms with Crippen LogP contribution >= 0.6 is 0 Å². The molecule has 2 aliphatic heterocycles. The Bertz CT molecular complexity index is 714. The van der Waals surface area contributed by atoms with Gasteiger partial charge in [-0.15, -0.1) is 0 Å². The predicted molar refractivity (Wildman–Crippen MR) is 98.9 cm³/mol. The van der Waals surface area contributed by atoms with Gasteiger partial charge < -0.3 is 9.80 Å². The van der Waals surface area contributed by atoms with Crippen molar-refractivity contribution in [2.75, 3.05) is 26.2 Å². The van der Waals surface area contributed by atoms with Crippen LogP contribution < -0.4 is 0 Å². The second-order valence-corrected chi connectivity index (χ2v) is 7.51. The summed E-state index contributed by atoms with van der Waals surface area (Å²) in [6.45, 7) is 5.91. The molecule has 2 heterocycles. The van der Waals surface area contributed by atoms with Gasteiger partial charge in [-0.3, -0.25) is 9.59 Å². The zero-order valence-corrected chi connectivity index (χ0v) is 15.5. The third-order valence-electron chi connectivity index (χ3n) is 5.72. The summed E-state index contributed by atoms with van der Waals surface area (Å²) < 4.78 is 27.2. The first-order valence-corrected chi connectivity index (χ1v) is 9.62. The Balaban J connectivity index is 1.52. The zero-order chi connectivity index (χ0) is 19.4. The van der Waals surface area contributed by atoms with Crippen LogP contribution in [0.15, 0.2) is 30.9 Å². The van der Waals surface area contributed by atoms with E-state index in [2.05, 4.69) is 6.58 Å². The molecule has 0 spiro atoms. The number of likely N-dealkylation sites (tertiary alicyclic amines) is 2. The Hall–Kier alpha value is -2.24. The van der Waals surface area contributed by atoms with Gasteiger partial charge in [-0.2, -0.15) is 0 Å². The Morgan fingerprint density at radius 2 is 1.85 bits per heavy atom. The van der Waals surface area contributed by atoms with Crippen molar-refractivity contribution in [2.24, 2.45) is 11.8 Å². The van der Waals surface area contributed by atoms with Crippen LogP contribution in [0.3, 0.4) is 0 Å². The minimum Gasteiger partial charge on any atom is -0.342 e. The summed E-state index contributed by atoms with van der Waals surface area (Å²) in [5.74, 6) is -1.49. The summed E-state index contributed by atoms with van der Waals surface area (Å²) in [5.41, 5.74) is 0.408. The number of hydrogen-bond donors (Lipinski definition) is 0. The standard InChI is InChI=1S/C21H26F2N2O2/c1-2-19(26)25-10-4-6-17(14-25)21(27)24-11-8-15(9-12-24)13-16-5-3-7-18(22)20(16)23/h2-3,5,7,15,17H,1,4,6,8-14H2. The Morgan fingerprint density at radius 1 is 1.11 bits per heavy atom. The molecule has 1 unspecified atom stereocenters. The number of piperidine rings is 2. The number of benzene rings is 1. The number of amides is 2. The largest absolute Gasteiger partial charge is 0.342 e. The van der Waals surface area contributed by atoms with Crippen LogP contribution in [-0.2, 0) is 16.0 Å². The monoisotopic (exact) mass is 376 g/mol. The van der Waals surface area contributed by atoms with Crippen molar-refractivity contribution >= 4 is 11.8 Å². The van der Waals surface area contributed by atoms with Gasteiger partial charge in [0.05, 0.1) is 5.92 Å². The molecule has 0 radical (unpaired) electrons. The lowest BCUT2D eigenvalue weighted by Gasteiger charge is -2.37. The van der Waals surface area contributed by atoms with E-state index in [0.29, 0.717) is 38.2 Å². The Kier molecular flexibility index (Phi) is 6.24. The highest BCUT2D eigenvalue weighted by Crippen LogP contribution is 2.26. The average molecular weight is 376 g/mol. The van der Waals surface area contributed by atoms with E-state index < -0.39 is 11.6 Å². The number of nitrogens with zero attached hydrogens (tertiary/aromatic N) is 2. The van der Waals surface area contributed by atoms with Crippen molar-refractivity contribution in [1.82, 2.24) is 9.80 Å². The molecule has 2 amide bonds. The topological polar surface area (TPSA) is 40.6 Å². The molecular weight excluding hydrogens is 350 g/mol. The summed E-state index contributed by atoms with van der Waals surface area (Å²) in [4.78, 5) is 28.2. The molecule has 2 fully saturated rings. The third-order valence-corrected chi connectivity index (χ3v) is 5.72. The van der Waals surface area contributed by atoms with E-state index in [0.717, 1.165) is 31.7 Å². The van der Waals surface area contributed by atoms with E-state index in [4.69, 9.17) is 0 Å². The number of carbonyl (C=O) groups is 2. The van der Waals surface area contributed by atoms with E-state index in [1.54, 1.807) is 11.0 Å². The molecule has 0 aromatic heterocycles. The van der Waals surface area contributed by atoms with Gasteiger partial charge in [0.2, 0.25) is 11.8 Å². The minimum atomic E-state index is -0.809. The molecule has 0 aliphatic carbocycles. The molecule has 0 saturated carbocycles. The molecule has 2 saturated heterocycles. The van der Waals surface area contributed by atoms with Gasteiger partial charge in [0.1, 0.15) is 0 Å². The number of hydrogen-bond acceptors (Lipinski definition) is 2. The number of rotatable bonds is 4. The van der Waals surface area contributed by atoms with E-state index in [-0.39, 0.29) is 23.7 Å². The smallest absolute Gasteiger partial charge is 0.245 e. The van der Waals surface area contributed by atoms with Crippen molar-refractivity contribution in [2.45, 2.75) is 32.1 Å². The molecule has 4 nitrogen and oxygen atoms in total. The van der Waals surface area contributed by atoms with Gasteiger partial charge in [0.25, 0.3) is 0 Å². The third kappa shape index (κ3) is 4.54. The van der Waals surface area contributed by atoms with E-state index in [1.807, 2.05) is 4.90 Å². The maximum atomic E-state index is 13.9. The fourth-order valence-electron chi connectivity index (χ4n) is 4.14. The van der Waals surface area contributed by atoms with Crippen LogP contribution in [0.2, 0.25) is 0 Å². The highest BCUT2D eigenvalue weighted by molar-refractivity contribution is 5.88. The quantitative estimate of drug-likeness (QED) is 0.758. The molecule has 1 atom stereocenters. The van der Waals surface area contributed by atoms with Gasteiger partial charge in [-0.25, -0.2) is 8.78 Å². The van der Waals surface area contributed by atoms with Crippen LogP contribution in [0, 0.1) is 23.5 Å². The van der Waals surface area contributed by atoms with E-state index in [1.165, 1.54) is 12.1 Å². The van der Waals surface area contributed by atoms with Crippen LogP contribution in [-0.4, -0.2) is 47.8 Å². The molecule has 1 aromatic rings. The summed E-state index contributed by atoms with van der Waals surface area (Å²) in [7, 11) is 0. The second kappa shape index (κ2) is 8.63.